The highest BCUT2D eigenvalue weighted by Crippen LogP contribution is 2.08. The monoisotopic (exact) mass is 490 g/mol. The molecule has 5 nitrogen and oxygen atoms in total. The third-order valence-electron chi connectivity index (χ3n) is 3.72. The summed E-state index contributed by atoms with van der Waals surface area (Å²) in [5.41, 5.74) is 0. The van der Waals surface area contributed by atoms with E-state index in [4.69, 9.17) is 81.7 Å². The fourth-order valence-corrected chi connectivity index (χ4v) is 2.89. The van der Waals surface area contributed by atoms with Gasteiger partial charge in [-0.15, -0.1) is 58.0 Å². The molecule has 10 heteroatoms. The van der Waals surface area contributed by atoms with Gasteiger partial charge in [-0.2, -0.15) is 0 Å². The smallest absolute Gasteiger partial charge is 0.0944 e. The number of hydrogen-bond donors (Lipinski definition) is 0. The van der Waals surface area contributed by atoms with Crippen LogP contribution in [0, 0.1) is 0 Å². The molecule has 0 radical (unpaired) electrons. The van der Waals surface area contributed by atoms with Crippen molar-refractivity contribution < 1.29 is 23.7 Å². The molecule has 0 aromatic rings. The minimum absolute atomic E-state index is 0.00778. The maximum absolute atomic E-state index is 5.97. The van der Waals surface area contributed by atoms with Gasteiger partial charge in [0.15, 0.2) is 0 Å². The quantitative estimate of drug-likeness (QED) is 0.254. The highest BCUT2D eigenvalue weighted by molar-refractivity contribution is 6.19. The van der Waals surface area contributed by atoms with E-state index < -0.39 is 0 Å². The molecule has 0 rings (SSSR count). The molecule has 0 saturated heterocycles. The first-order valence-electron chi connectivity index (χ1n) is 8.87. The Morgan fingerprint density at radius 2 is 0.815 bits per heavy atom. The SMILES string of the molecule is CCC(CCl)OCC(CCl)OCC(CCl)OCC(CCl)OCC(CCl)OC. The van der Waals surface area contributed by atoms with E-state index in [0.29, 0.717) is 37.5 Å². The largest absolute Gasteiger partial charge is 0.378 e. The van der Waals surface area contributed by atoms with Crippen molar-refractivity contribution in [3.8, 4) is 0 Å². The van der Waals surface area contributed by atoms with Crippen molar-refractivity contribution in [3.05, 3.63) is 0 Å². The molecule has 0 aromatic heterocycles. The molecule has 0 N–H and O–H groups in total. The Morgan fingerprint density at radius 1 is 0.519 bits per heavy atom. The molecule has 0 amide bonds. The second-order valence-corrected chi connectivity index (χ2v) is 7.40. The van der Waals surface area contributed by atoms with Crippen molar-refractivity contribution in [2.75, 3.05) is 62.9 Å². The number of rotatable bonds is 19. The minimum Gasteiger partial charge on any atom is -0.378 e. The molecule has 164 valence electrons. The van der Waals surface area contributed by atoms with Gasteiger partial charge in [0.25, 0.3) is 0 Å². The summed E-state index contributed by atoms with van der Waals surface area (Å²) < 4.78 is 28.0. The van der Waals surface area contributed by atoms with Crippen molar-refractivity contribution in [2.24, 2.45) is 0 Å². The van der Waals surface area contributed by atoms with E-state index in [0.717, 1.165) is 6.42 Å². The Labute approximate surface area is 188 Å². The zero-order valence-corrected chi connectivity index (χ0v) is 19.7. The van der Waals surface area contributed by atoms with Gasteiger partial charge < -0.3 is 23.7 Å². The number of hydrogen-bond acceptors (Lipinski definition) is 5. The van der Waals surface area contributed by atoms with E-state index in [1.807, 2.05) is 6.92 Å². The molecule has 0 bridgehead atoms. The first-order chi connectivity index (χ1) is 13.1. The molecule has 27 heavy (non-hydrogen) atoms. The Bertz CT molecular complexity index is 294. The fraction of sp³-hybridized carbons (Fsp3) is 1.00. The lowest BCUT2D eigenvalue weighted by Gasteiger charge is -2.24. The zero-order valence-electron chi connectivity index (χ0n) is 15.9. The number of ether oxygens (including phenoxy) is 5. The number of methoxy groups -OCH3 is 1. The van der Waals surface area contributed by atoms with E-state index in [-0.39, 0.29) is 48.9 Å². The van der Waals surface area contributed by atoms with Crippen LogP contribution in [0.2, 0.25) is 0 Å². The molecule has 0 aliphatic heterocycles. The predicted octanol–water partition coefficient (Wildman–Crippen LogP) is 4.15. The van der Waals surface area contributed by atoms with Crippen LogP contribution in [0.15, 0.2) is 0 Å². The van der Waals surface area contributed by atoms with Gasteiger partial charge in [-0.25, -0.2) is 0 Å². The lowest BCUT2D eigenvalue weighted by molar-refractivity contribution is -0.0904. The van der Waals surface area contributed by atoms with Gasteiger partial charge in [-0.05, 0) is 6.42 Å². The fourth-order valence-electron chi connectivity index (χ4n) is 1.83. The summed E-state index contributed by atoms with van der Waals surface area (Å²) in [7, 11) is 1.58. The van der Waals surface area contributed by atoms with Crippen LogP contribution in [0.3, 0.4) is 0 Å². The summed E-state index contributed by atoms with van der Waals surface area (Å²) in [6.07, 6.45) is -0.225. The van der Waals surface area contributed by atoms with Crippen molar-refractivity contribution in [1.82, 2.24) is 0 Å². The topological polar surface area (TPSA) is 46.2 Å². The van der Waals surface area contributed by atoms with Crippen molar-refractivity contribution in [2.45, 2.75) is 43.9 Å². The normalized spacial score (nSPS) is 17.4. The molecule has 0 spiro atoms. The first-order valence-corrected chi connectivity index (χ1v) is 11.5. The number of halogens is 5. The van der Waals surface area contributed by atoms with Crippen LogP contribution in [-0.2, 0) is 23.7 Å². The molecule has 0 aliphatic carbocycles. The molecular weight excluding hydrogens is 461 g/mol. The van der Waals surface area contributed by atoms with E-state index in [1.54, 1.807) is 7.11 Å². The molecule has 5 atom stereocenters. The highest BCUT2D eigenvalue weighted by atomic mass is 35.5. The Morgan fingerprint density at radius 3 is 1.07 bits per heavy atom. The number of alkyl halides is 5. The van der Waals surface area contributed by atoms with Gasteiger partial charge in [0.2, 0.25) is 0 Å². The van der Waals surface area contributed by atoms with Crippen molar-refractivity contribution >= 4 is 58.0 Å². The Kier molecular flexibility index (Phi) is 20.1. The van der Waals surface area contributed by atoms with Crippen LogP contribution in [0.4, 0.5) is 0 Å². The summed E-state index contributed by atoms with van der Waals surface area (Å²) in [6.45, 7) is 3.30. The van der Waals surface area contributed by atoms with Gasteiger partial charge in [0.05, 0.1) is 80.5 Å². The molecular formula is C17H31Cl5O5. The van der Waals surface area contributed by atoms with Crippen LogP contribution >= 0.6 is 58.0 Å². The van der Waals surface area contributed by atoms with E-state index in [2.05, 4.69) is 0 Å². The average molecular weight is 493 g/mol. The molecule has 0 saturated carbocycles. The standard InChI is InChI=1S/C17H31Cl5O5/c1-3-13(4-18)24-10-15(6-20)26-12-17(8-22)27-11-16(7-21)25-9-14(5-19)23-2/h13-17H,3-12H2,1-2H3. The summed E-state index contributed by atoms with van der Waals surface area (Å²) in [4.78, 5) is 0. The van der Waals surface area contributed by atoms with E-state index in [9.17, 15) is 0 Å². The maximum Gasteiger partial charge on any atom is 0.0944 e. The summed E-state index contributed by atoms with van der Waals surface area (Å²) >= 11 is 29.4. The lowest BCUT2D eigenvalue weighted by atomic mass is 10.3. The molecule has 5 unspecified atom stereocenters. The summed E-state index contributed by atoms with van der Waals surface area (Å²) in [6, 6.07) is 0. The van der Waals surface area contributed by atoms with Crippen LogP contribution in [0.1, 0.15) is 13.3 Å². The Balaban J connectivity index is 4.22. The molecule has 0 heterocycles. The lowest BCUT2D eigenvalue weighted by Crippen LogP contribution is -2.34. The van der Waals surface area contributed by atoms with Gasteiger partial charge in [0.1, 0.15) is 0 Å². The van der Waals surface area contributed by atoms with Crippen LogP contribution in [0.5, 0.6) is 0 Å². The van der Waals surface area contributed by atoms with Gasteiger partial charge in [-0.1, -0.05) is 6.92 Å². The van der Waals surface area contributed by atoms with Gasteiger partial charge >= 0.3 is 0 Å². The highest BCUT2D eigenvalue weighted by Gasteiger charge is 2.18. The predicted molar refractivity (Wildman–Crippen MR) is 114 cm³/mol. The first kappa shape index (κ1) is 28.2. The van der Waals surface area contributed by atoms with Gasteiger partial charge in [-0.3, -0.25) is 0 Å². The van der Waals surface area contributed by atoms with Crippen LogP contribution in [0.25, 0.3) is 0 Å². The molecule has 0 aliphatic rings. The van der Waals surface area contributed by atoms with E-state index >= 15 is 0 Å². The third kappa shape index (κ3) is 14.0. The van der Waals surface area contributed by atoms with Crippen LogP contribution < -0.4 is 0 Å². The molecule has 0 aromatic carbocycles. The zero-order chi connectivity index (χ0) is 20.5. The van der Waals surface area contributed by atoms with Crippen molar-refractivity contribution in [1.29, 1.82) is 0 Å². The maximum atomic E-state index is 5.97. The Hall–Kier alpha value is 1.25. The van der Waals surface area contributed by atoms with E-state index in [1.165, 1.54) is 0 Å². The molecule has 0 fully saturated rings. The van der Waals surface area contributed by atoms with Crippen molar-refractivity contribution in [3.63, 3.8) is 0 Å². The average Bonchev–Trinajstić information content (AvgIpc) is 2.71. The third-order valence-corrected chi connectivity index (χ3v) is 5.44. The second kappa shape index (κ2) is 19.2. The second-order valence-electron chi connectivity index (χ2n) is 5.86. The van der Waals surface area contributed by atoms with Crippen LogP contribution in [-0.4, -0.2) is 93.5 Å². The summed E-state index contributed by atoms with van der Waals surface area (Å²) in [5.74, 6) is 1.63. The summed E-state index contributed by atoms with van der Waals surface area (Å²) in [5, 5.41) is 0. The minimum atomic E-state index is -0.312. The van der Waals surface area contributed by atoms with Gasteiger partial charge in [0, 0.05) is 13.0 Å².